The summed E-state index contributed by atoms with van der Waals surface area (Å²) in [6.45, 7) is 3.87. The maximum atomic E-state index is 13.7. The van der Waals surface area contributed by atoms with Crippen molar-refractivity contribution in [1.82, 2.24) is 0 Å². The first kappa shape index (κ1) is 16.0. The van der Waals surface area contributed by atoms with Gasteiger partial charge < -0.3 is 4.74 Å². The van der Waals surface area contributed by atoms with Gasteiger partial charge in [-0.2, -0.15) is 4.39 Å². The third-order valence-electron chi connectivity index (χ3n) is 2.72. The number of nitro groups is 1. The molecule has 0 spiro atoms. The van der Waals surface area contributed by atoms with Gasteiger partial charge in [-0.1, -0.05) is 20.3 Å². The average Bonchev–Trinajstić information content (AvgIpc) is 2.38. The van der Waals surface area contributed by atoms with Gasteiger partial charge in [-0.3, -0.25) is 10.1 Å². The first-order valence-electron chi connectivity index (χ1n) is 6.17. The highest BCUT2D eigenvalue weighted by atomic mass is 19.1. The topological polar surface area (TPSA) is 69.4 Å². The molecule has 0 bridgehead atoms. The Bertz CT molecular complexity index is 519. The van der Waals surface area contributed by atoms with Crippen molar-refractivity contribution in [3.8, 4) is 0 Å². The van der Waals surface area contributed by atoms with Gasteiger partial charge >= 0.3 is 11.7 Å². The summed E-state index contributed by atoms with van der Waals surface area (Å²) in [5.41, 5.74) is -1.85. The number of ether oxygens (including phenoxy) is 1. The summed E-state index contributed by atoms with van der Waals surface area (Å²) in [6, 6.07) is 1.01. The zero-order valence-corrected chi connectivity index (χ0v) is 11.2. The van der Waals surface area contributed by atoms with Crippen LogP contribution >= 0.6 is 0 Å². The molecule has 1 unspecified atom stereocenters. The normalized spacial score (nSPS) is 12.0. The van der Waals surface area contributed by atoms with Crippen LogP contribution in [-0.2, 0) is 4.74 Å². The highest BCUT2D eigenvalue weighted by molar-refractivity contribution is 5.90. The molecular formula is C13H15F2NO4. The molecular weight excluding hydrogens is 272 g/mol. The predicted octanol–water partition coefficient (Wildman–Crippen LogP) is 3.47. The highest BCUT2D eigenvalue weighted by Gasteiger charge is 2.25. The van der Waals surface area contributed by atoms with Crippen molar-refractivity contribution in [2.75, 3.05) is 6.61 Å². The minimum atomic E-state index is -1.38. The molecule has 0 heterocycles. The lowest BCUT2D eigenvalue weighted by atomic mass is 10.1. The highest BCUT2D eigenvalue weighted by Crippen LogP contribution is 2.23. The fraction of sp³-hybridized carbons (Fsp3) is 0.462. The van der Waals surface area contributed by atoms with E-state index in [0.29, 0.717) is 12.1 Å². The van der Waals surface area contributed by atoms with E-state index in [2.05, 4.69) is 0 Å². The number of hydrogen-bond acceptors (Lipinski definition) is 4. The summed E-state index contributed by atoms with van der Waals surface area (Å²) >= 11 is 0. The number of carbonyl (C=O) groups excluding carboxylic acids is 1. The van der Waals surface area contributed by atoms with Crippen LogP contribution in [0.3, 0.4) is 0 Å². The molecule has 0 amide bonds. The smallest absolute Gasteiger partial charge is 0.341 e. The van der Waals surface area contributed by atoms with Gasteiger partial charge in [0.05, 0.1) is 17.6 Å². The van der Waals surface area contributed by atoms with Crippen molar-refractivity contribution in [2.45, 2.75) is 26.7 Å². The molecule has 1 atom stereocenters. The van der Waals surface area contributed by atoms with Gasteiger partial charge in [-0.05, 0) is 18.4 Å². The van der Waals surface area contributed by atoms with E-state index in [4.69, 9.17) is 4.74 Å². The Balaban J connectivity index is 2.90. The van der Waals surface area contributed by atoms with Crippen molar-refractivity contribution >= 4 is 11.7 Å². The van der Waals surface area contributed by atoms with E-state index in [1.165, 1.54) is 0 Å². The lowest BCUT2D eigenvalue weighted by Gasteiger charge is -2.11. The molecule has 0 saturated carbocycles. The third-order valence-corrected chi connectivity index (χ3v) is 2.72. The summed E-state index contributed by atoms with van der Waals surface area (Å²) in [6.07, 6.45) is 1.72. The average molecular weight is 287 g/mol. The van der Waals surface area contributed by atoms with E-state index >= 15 is 0 Å². The van der Waals surface area contributed by atoms with E-state index in [9.17, 15) is 23.7 Å². The Morgan fingerprint density at radius 2 is 2.10 bits per heavy atom. The second-order valence-corrected chi connectivity index (χ2v) is 4.54. The van der Waals surface area contributed by atoms with Crippen molar-refractivity contribution < 1.29 is 23.2 Å². The molecule has 1 aromatic carbocycles. The first-order valence-corrected chi connectivity index (χ1v) is 6.17. The molecule has 0 aliphatic rings. The van der Waals surface area contributed by atoms with Gasteiger partial charge in [0.25, 0.3) is 0 Å². The van der Waals surface area contributed by atoms with Crippen LogP contribution in [-0.4, -0.2) is 17.5 Å². The van der Waals surface area contributed by atoms with Gasteiger partial charge in [0.2, 0.25) is 5.82 Å². The zero-order valence-electron chi connectivity index (χ0n) is 11.2. The number of halogens is 2. The van der Waals surface area contributed by atoms with Gasteiger partial charge in [0.15, 0.2) is 0 Å². The Labute approximate surface area is 114 Å². The van der Waals surface area contributed by atoms with E-state index in [0.717, 1.165) is 12.8 Å². The minimum Gasteiger partial charge on any atom is -0.462 e. The van der Waals surface area contributed by atoms with E-state index in [1.54, 1.807) is 0 Å². The molecule has 0 aliphatic heterocycles. The van der Waals surface area contributed by atoms with Crippen LogP contribution in [0.5, 0.6) is 0 Å². The van der Waals surface area contributed by atoms with Crippen LogP contribution in [0.15, 0.2) is 12.1 Å². The largest absolute Gasteiger partial charge is 0.462 e. The van der Waals surface area contributed by atoms with Crippen LogP contribution in [0.2, 0.25) is 0 Å². The molecule has 1 aromatic rings. The molecule has 0 aromatic heterocycles. The monoisotopic (exact) mass is 287 g/mol. The van der Waals surface area contributed by atoms with E-state index < -0.39 is 33.8 Å². The van der Waals surface area contributed by atoms with Crippen molar-refractivity contribution in [2.24, 2.45) is 5.92 Å². The Hall–Kier alpha value is -2.05. The quantitative estimate of drug-likeness (QED) is 0.456. The maximum absolute atomic E-state index is 13.7. The van der Waals surface area contributed by atoms with Crippen LogP contribution in [0.1, 0.15) is 37.0 Å². The number of benzene rings is 1. The number of rotatable bonds is 6. The Kier molecular flexibility index (Phi) is 5.54. The molecule has 0 saturated heterocycles. The number of nitrogens with zero attached hydrogens (tertiary/aromatic N) is 1. The number of esters is 1. The van der Waals surface area contributed by atoms with Gasteiger partial charge in [-0.15, -0.1) is 0 Å². The van der Waals surface area contributed by atoms with E-state index in [1.807, 2.05) is 13.8 Å². The SMILES string of the molecule is CCCC(C)COC(=O)c1cc(F)cc([N+](=O)[O-])c1F. The predicted molar refractivity (Wildman–Crippen MR) is 67.4 cm³/mol. The number of nitro benzene ring substituents is 1. The molecule has 0 aliphatic carbocycles. The molecule has 5 nitrogen and oxygen atoms in total. The molecule has 110 valence electrons. The van der Waals surface area contributed by atoms with Crippen LogP contribution < -0.4 is 0 Å². The molecule has 0 fully saturated rings. The fourth-order valence-corrected chi connectivity index (χ4v) is 1.73. The zero-order chi connectivity index (χ0) is 15.3. The third kappa shape index (κ3) is 3.97. The lowest BCUT2D eigenvalue weighted by Crippen LogP contribution is -2.14. The standard InChI is InChI=1S/C13H15F2NO4/c1-3-4-8(2)7-20-13(17)10-5-9(14)6-11(12(10)15)16(18)19/h5-6,8H,3-4,7H2,1-2H3. The van der Waals surface area contributed by atoms with Crippen molar-refractivity contribution in [1.29, 1.82) is 0 Å². The summed E-state index contributed by atoms with van der Waals surface area (Å²) in [5.74, 6) is -3.47. The van der Waals surface area contributed by atoms with Gasteiger partial charge in [0.1, 0.15) is 11.4 Å². The maximum Gasteiger partial charge on any atom is 0.341 e. The minimum absolute atomic E-state index is 0.0520. The molecule has 0 radical (unpaired) electrons. The summed E-state index contributed by atoms with van der Waals surface area (Å²) in [4.78, 5) is 21.1. The number of carbonyl (C=O) groups is 1. The summed E-state index contributed by atoms with van der Waals surface area (Å²) in [5, 5.41) is 10.5. The van der Waals surface area contributed by atoms with Crippen molar-refractivity contribution in [3.63, 3.8) is 0 Å². The number of hydrogen-bond donors (Lipinski definition) is 0. The fourth-order valence-electron chi connectivity index (χ4n) is 1.73. The molecule has 20 heavy (non-hydrogen) atoms. The Morgan fingerprint density at radius 1 is 1.45 bits per heavy atom. The second-order valence-electron chi connectivity index (χ2n) is 4.54. The first-order chi connectivity index (χ1) is 9.36. The molecule has 7 heteroatoms. The van der Waals surface area contributed by atoms with Gasteiger partial charge in [-0.25, -0.2) is 9.18 Å². The van der Waals surface area contributed by atoms with Crippen LogP contribution in [0.25, 0.3) is 0 Å². The van der Waals surface area contributed by atoms with Gasteiger partial charge in [0, 0.05) is 0 Å². The van der Waals surface area contributed by atoms with E-state index in [-0.39, 0.29) is 12.5 Å². The van der Waals surface area contributed by atoms with Crippen LogP contribution in [0, 0.1) is 27.7 Å². The second kappa shape index (κ2) is 6.93. The van der Waals surface area contributed by atoms with Crippen LogP contribution in [0.4, 0.5) is 14.5 Å². The summed E-state index contributed by atoms with van der Waals surface area (Å²) < 4.78 is 31.7. The van der Waals surface area contributed by atoms with Crippen molar-refractivity contribution in [3.05, 3.63) is 39.4 Å². The lowest BCUT2D eigenvalue weighted by molar-refractivity contribution is -0.387. The Morgan fingerprint density at radius 3 is 2.65 bits per heavy atom. The summed E-state index contributed by atoms with van der Waals surface area (Å²) in [7, 11) is 0. The molecule has 0 N–H and O–H groups in total. The molecule has 1 rings (SSSR count).